The molecule has 1 atom stereocenters. The molecule has 4 heteroatoms. The number of aromatic nitrogens is 1. The number of pyridine rings is 1. The molecule has 1 amide bonds. The van der Waals surface area contributed by atoms with Crippen LogP contribution < -0.4 is 10.6 Å². The van der Waals surface area contributed by atoms with Crippen LogP contribution in [0.5, 0.6) is 0 Å². The van der Waals surface area contributed by atoms with Crippen molar-refractivity contribution >= 4 is 5.91 Å². The molecule has 1 fully saturated rings. The second-order valence-corrected chi connectivity index (χ2v) is 4.24. The summed E-state index contributed by atoms with van der Waals surface area (Å²) in [5.41, 5.74) is 3.42. The third-order valence-corrected chi connectivity index (χ3v) is 2.91. The number of rotatable bonds is 1. The first kappa shape index (κ1) is 11.1. The Morgan fingerprint density at radius 3 is 3.00 bits per heavy atom. The number of hydrogen-bond acceptors (Lipinski definition) is 3. The van der Waals surface area contributed by atoms with E-state index in [1.807, 2.05) is 13.1 Å². The molecule has 0 aliphatic carbocycles. The van der Waals surface area contributed by atoms with E-state index in [0.29, 0.717) is 13.0 Å². The number of carbonyl (C=O) groups excluding carboxylic acids is 1. The molecule has 2 N–H and O–H groups in total. The molecular weight excluding hydrogens is 202 g/mol. The maximum absolute atomic E-state index is 11.2. The molecule has 1 saturated heterocycles. The maximum Gasteiger partial charge on any atom is 0.221 e. The quantitative estimate of drug-likeness (QED) is 0.736. The van der Waals surface area contributed by atoms with E-state index < -0.39 is 0 Å². The summed E-state index contributed by atoms with van der Waals surface area (Å²) in [6, 6.07) is 2.25. The van der Waals surface area contributed by atoms with Gasteiger partial charge in [-0.25, -0.2) is 0 Å². The molecule has 16 heavy (non-hydrogen) atoms. The summed E-state index contributed by atoms with van der Waals surface area (Å²) >= 11 is 0. The van der Waals surface area contributed by atoms with Gasteiger partial charge in [-0.1, -0.05) is 0 Å². The zero-order valence-electron chi connectivity index (χ0n) is 9.71. The Hall–Kier alpha value is -1.42. The van der Waals surface area contributed by atoms with E-state index in [1.54, 1.807) is 0 Å². The van der Waals surface area contributed by atoms with Crippen LogP contribution in [0.25, 0.3) is 0 Å². The van der Waals surface area contributed by atoms with E-state index >= 15 is 0 Å². The molecule has 86 valence electrons. The molecule has 1 aromatic heterocycles. The largest absolute Gasteiger partial charge is 0.354 e. The average molecular weight is 219 g/mol. The molecule has 2 heterocycles. The van der Waals surface area contributed by atoms with Gasteiger partial charge in [0.05, 0.1) is 6.04 Å². The first-order valence-corrected chi connectivity index (χ1v) is 5.60. The Kier molecular flexibility index (Phi) is 3.19. The Bertz CT molecular complexity index is 403. The van der Waals surface area contributed by atoms with Gasteiger partial charge in [-0.15, -0.1) is 0 Å². The fourth-order valence-corrected chi connectivity index (χ4v) is 2.03. The highest BCUT2D eigenvalue weighted by atomic mass is 16.1. The van der Waals surface area contributed by atoms with Crippen molar-refractivity contribution < 1.29 is 4.79 Å². The zero-order chi connectivity index (χ0) is 11.5. The molecule has 1 aliphatic heterocycles. The van der Waals surface area contributed by atoms with E-state index in [9.17, 15) is 4.79 Å². The van der Waals surface area contributed by atoms with E-state index in [0.717, 1.165) is 12.2 Å². The van der Waals surface area contributed by atoms with E-state index in [-0.39, 0.29) is 11.9 Å². The van der Waals surface area contributed by atoms with Gasteiger partial charge in [-0.05, 0) is 31.0 Å². The first-order valence-electron chi connectivity index (χ1n) is 5.60. The number of aryl methyl sites for hydroxylation is 2. The summed E-state index contributed by atoms with van der Waals surface area (Å²) in [7, 11) is 0. The Morgan fingerprint density at radius 2 is 2.25 bits per heavy atom. The van der Waals surface area contributed by atoms with Gasteiger partial charge in [0.2, 0.25) is 5.91 Å². The average Bonchev–Trinajstić information content (AvgIpc) is 2.43. The molecule has 0 saturated carbocycles. The van der Waals surface area contributed by atoms with Crippen LogP contribution in [0.15, 0.2) is 12.3 Å². The van der Waals surface area contributed by atoms with Gasteiger partial charge in [0.1, 0.15) is 0 Å². The van der Waals surface area contributed by atoms with Crippen LogP contribution >= 0.6 is 0 Å². The van der Waals surface area contributed by atoms with Crippen LogP contribution in [-0.2, 0) is 4.79 Å². The SMILES string of the molecule is Cc1cc(C)c(C2CNC(=O)CCN2)cn1. The fourth-order valence-electron chi connectivity index (χ4n) is 2.03. The molecule has 0 spiro atoms. The van der Waals surface area contributed by atoms with Crippen molar-refractivity contribution in [3.05, 3.63) is 29.1 Å². The van der Waals surface area contributed by atoms with Gasteiger partial charge in [0, 0.05) is 31.4 Å². The normalized spacial score (nSPS) is 21.4. The topological polar surface area (TPSA) is 54.0 Å². The second-order valence-electron chi connectivity index (χ2n) is 4.24. The van der Waals surface area contributed by atoms with Crippen molar-refractivity contribution in [2.75, 3.05) is 13.1 Å². The van der Waals surface area contributed by atoms with Crippen molar-refractivity contribution in [2.45, 2.75) is 26.3 Å². The van der Waals surface area contributed by atoms with Crippen molar-refractivity contribution in [1.82, 2.24) is 15.6 Å². The maximum atomic E-state index is 11.2. The minimum atomic E-state index is 0.118. The van der Waals surface area contributed by atoms with Gasteiger partial charge < -0.3 is 10.6 Å². The summed E-state index contributed by atoms with van der Waals surface area (Å²) in [4.78, 5) is 15.5. The van der Waals surface area contributed by atoms with Gasteiger partial charge >= 0.3 is 0 Å². The standard InChI is InChI=1S/C12H17N3O/c1-8-5-9(2)14-6-10(8)11-7-15-12(16)3-4-13-11/h5-6,11,13H,3-4,7H2,1-2H3,(H,15,16). The Balaban J connectivity index is 2.19. The van der Waals surface area contributed by atoms with E-state index in [2.05, 4.69) is 28.6 Å². The number of hydrogen-bond donors (Lipinski definition) is 2. The molecule has 2 rings (SSSR count). The van der Waals surface area contributed by atoms with E-state index in [1.165, 1.54) is 11.1 Å². The lowest BCUT2D eigenvalue weighted by Gasteiger charge is -2.18. The molecule has 4 nitrogen and oxygen atoms in total. The second kappa shape index (κ2) is 4.61. The van der Waals surface area contributed by atoms with Crippen LogP contribution in [0.4, 0.5) is 0 Å². The molecule has 0 bridgehead atoms. The first-order chi connectivity index (χ1) is 7.66. The molecule has 1 unspecified atom stereocenters. The van der Waals surface area contributed by atoms with Crippen molar-refractivity contribution in [3.8, 4) is 0 Å². The monoisotopic (exact) mass is 219 g/mol. The Morgan fingerprint density at radius 1 is 1.44 bits per heavy atom. The number of nitrogens with one attached hydrogen (secondary N) is 2. The molecule has 0 aromatic carbocycles. The summed E-state index contributed by atoms with van der Waals surface area (Å²) in [5.74, 6) is 0.118. The fraction of sp³-hybridized carbons (Fsp3) is 0.500. The highest BCUT2D eigenvalue weighted by Gasteiger charge is 2.18. The molecule has 1 aromatic rings. The van der Waals surface area contributed by atoms with Crippen LogP contribution in [0, 0.1) is 13.8 Å². The molecular formula is C12H17N3O. The summed E-state index contributed by atoms with van der Waals surface area (Å²) in [6.45, 7) is 5.44. The smallest absolute Gasteiger partial charge is 0.221 e. The van der Waals surface area contributed by atoms with Gasteiger partial charge in [0.15, 0.2) is 0 Å². The van der Waals surface area contributed by atoms with Crippen molar-refractivity contribution in [1.29, 1.82) is 0 Å². The van der Waals surface area contributed by atoms with Crippen LogP contribution in [-0.4, -0.2) is 24.0 Å². The summed E-state index contributed by atoms with van der Waals surface area (Å²) in [5, 5.41) is 6.27. The predicted molar refractivity (Wildman–Crippen MR) is 62.1 cm³/mol. The van der Waals surface area contributed by atoms with Gasteiger partial charge in [0.25, 0.3) is 0 Å². The summed E-state index contributed by atoms with van der Waals surface area (Å²) < 4.78 is 0. The third-order valence-electron chi connectivity index (χ3n) is 2.91. The minimum Gasteiger partial charge on any atom is -0.354 e. The number of carbonyl (C=O) groups is 1. The zero-order valence-corrected chi connectivity index (χ0v) is 9.71. The lowest BCUT2D eigenvalue weighted by atomic mass is 10.0. The Labute approximate surface area is 95.5 Å². The summed E-state index contributed by atoms with van der Waals surface area (Å²) in [6.07, 6.45) is 2.45. The van der Waals surface area contributed by atoms with Crippen LogP contribution in [0.1, 0.15) is 29.3 Å². The van der Waals surface area contributed by atoms with Crippen molar-refractivity contribution in [3.63, 3.8) is 0 Å². The van der Waals surface area contributed by atoms with Crippen LogP contribution in [0.3, 0.4) is 0 Å². The molecule has 1 aliphatic rings. The predicted octanol–water partition coefficient (Wildman–Crippen LogP) is 0.849. The lowest BCUT2D eigenvalue weighted by Crippen LogP contribution is -2.29. The van der Waals surface area contributed by atoms with Gasteiger partial charge in [-0.2, -0.15) is 0 Å². The van der Waals surface area contributed by atoms with Gasteiger partial charge in [-0.3, -0.25) is 9.78 Å². The van der Waals surface area contributed by atoms with Crippen LogP contribution in [0.2, 0.25) is 0 Å². The highest BCUT2D eigenvalue weighted by molar-refractivity contribution is 5.76. The minimum absolute atomic E-state index is 0.118. The lowest BCUT2D eigenvalue weighted by molar-refractivity contribution is -0.120. The molecule has 0 radical (unpaired) electrons. The van der Waals surface area contributed by atoms with E-state index in [4.69, 9.17) is 0 Å². The number of amides is 1. The number of nitrogens with zero attached hydrogens (tertiary/aromatic N) is 1. The highest BCUT2D eigenvalue weighted by Crippen LogP contribution is 2.17. The third kappa shape index (κ3) is 2.39. The van der Waals surface area contributed by atoms with Crippen molar-refractivity contribution in [2.24, 2.45) is 0 Å².